The maximum atomic E-state index is 6.24. The number of para-hydroxylation sites is 3. The molecule has 0 bridgehead atoms. The fraction of sp³-hybridized carbons (Fsp3) is 0. The summed E-state index contributed by atoms with van der Waals surface area (Å²) in [6, 6.07) is 26.4. The van der Waals surface area contributed by atoms with E-state index in [2.05, 4.69) is 36.4 Å². The lowest BCUT2D eigenvalue weighted by molar-refractivity contribution is 0.669. The molecule has 27 heavy (non-hydrogen) atoms. The molecule has 2 aromatic heterocycles. The lowest BCUT2D eigenvalue weighted by atomic mass is 9.97. The lowest BCUT2D eigenvalue weighted by Crippen LogP contribution is -1.87. The van der Waals surface area contributed by atoms with E-state index in [0.29, 0.717) is 5.69 Å². The van der Waals surface area contributed by atoms with Gasteiger partial charge >= 0.3 is 0 Å². The van der Waals surface area contributed by atoms with E-state index in [1.165, 1.54) is 0 Å². The van der Waals surface area contributed by atoms with Crippen LogP contribution in [-0.2, 0) is 0 Å². The molecule has 6 rings (SSSR count). The van der Waals surface area contributed by atoms with E-state index in [0.717, 1.165) is 55.0 Å². The molecule has 0 amide bonds. The van der Waals surface area contributed by atoms with Crippen LogP contribution in [0.15, 0.2) is 87.7 Å². The number of nitrogens with two attached hydrogens (primary N) is 1. The summed E-state index contributed by atoms with van der Waals surface area (Å²) in [5, 5.41) is 4.32. The van der Waals surface area contributed by atoms with Gasteiger partial charge in [-0.25, -0.2) is 0 Å². The number of benzene rings is 4. The predicted octanol–water partition coefficient (Wildman–Crippen LogP) is 6.73. The van der Waals surface area contributed by atoms with E-state index in [1.54, 1.807) is 0 Å². The third-order valence-electron chi connectivity index (χ3n) is 5.25. The molecule has 0 aliphatic heterocycles. The second-order valence-corrected chi connectivity index (χ2v) is 6.79. The molecule has 0 atom stereocenters. The Morgan fingerprint density at radius 1 is 0.519 bits per heavy atom. The van der Waals surface area contributed by atoms with E-state index in [4.69, 9.17) is 14.6 Å². The summed E-state index contributed by atoms with van der Waals surface area (Å²) >= 11 is 0. The van der Waals surface area contributed by atoms with E-state index < -0.39 is 0 Å². The Kier molecular flexibility index (Phi) is 2.75. The quantitative estimate of drug-likeness (QED) is 0.335. The van der Waals surface area contributed by atoms with Crippen LogP contribution < -0.4 is 5.73 Å². The molecule has 0 aliphatic carbocycles. The highest BCUT2D eigenvalue weighted by Gasteiger charge is 2.18. The zero-order valence-corrected chi connectivity index (χ0v) is 14.4. The van der Waals surface area contributed by atoms with Crippen LogP contribution in [0.25, 0.3) is 55.0 Å². The van der Waals surface area contributed by atoms with Gasteiger partial charge in [-0.05, 0) is 23.8 Å². The van der Waals surface area contributed by atoms with Crippen molar-refractivity contribution in [1.29, 1.82) is 0 Å². The van der Waals surface area contributed by atoms with E-state index >= 15 is 0 Å². The Hall–Kier alpha value is -3.72. The van der Waals surface area contributed by atoms with E-state index in [9.17, 15) is 0 Å². The number of rotatable bonds is 1. The van der Waals surface area contributed by atoms with E-state index in [1.807, 2.05) is 42.5 Å². The molecule has 3 heteroatoms. The summed E-state index contributed by atoms with van der Waals surface area (Å²) in [6.07, 6.45) is 0. The zero-order valence-electron chi connectivity index (χ0n) is 14.4. The van der Waals surface area contributed by atoms with Gasteiger partial charge in [-0.2, -0.15) is 0 Å². The largest absolute Gasteiger partial charge is 0.455 e. The number of furan rings is 2. The van der Waals surface area contributed by atoms with Gasteiger partial charge in [0.1, 0.15) is 16.7 Å². The van der Waals surface area contributed by atoms with Crippen LogP contribution in [0.4, 0.5) is 5.69 Å². The van der Waals surface area contributed by atoms with Gasteiger partial charge in [-0.15, -0.1) is 0 Å². The summed E-state index contributed by atoms with van der Waals surface area (Å²) < 4.78 is 12.3. The van der Waals surface area contributed by atoms with Gasteiger partial charge < -0.3 is 14.6 Å². The molecule has 2 N–H and O–H groups in total. The Bertz CT molecular complexity index is 1490. The van der Waals surface area contributed by atoms with E-state index in [-0.39, 0.29) is 0 Å². The molecule has 0 fully saturated rings. The highest BCUT2D eigenvalue weighted by atomic mass is 16.3. The van der Waals surface area contributed by atoms with Gasteiger partial charge in [0.05, 0.1) is 5.69 Å². The summed E-state index contributed by atoms with van der Waals surface area (Å²) in [6.45, 7) is 0. The molecule has 0 radical (unpaired) electrons. The molecule has 0 unspecified atom stereocenters. The van der Waals surface area contributed by atoms with Crippen molar-refractivity contribution in [3.8, 4) is 11.1 Å². The maximum absolute atomic E-state index is 6.24. The SMILES string of the molecule is Nc1ccc(-c2cccc3c2oc2ccccc23)c2c1oc1ccccc12. The fourth-order valence-electron chi connectivity index (χ4n) is 4.03. The smallest absolute Gasteiger partial charge is 0.158 e. The van der Waals surface area contributed by atoms with Crippen molar-refractivity contribution in [3.63, 3.8) is 0 Å². The monoisotopic (exact) mass is 349 g/mol. The summed E-state index contributed by atoms with van der Waals surface area (Å²) in [7, 11) is 0. The minimum absolute atomic E-state index is 0.640. The molecule has 0 spiro atoms. The minimum atomic E-state index is 0.640. The van der Waals surface area contributed by atoms with Crippen molar-refractivity contribution < 1.29 is 8.83 Å². The normalized spacial score (nSPS) is 11.9. The van der Waals surface area contributed by atoms with Gasteiger partial charge in [0.2, 0.25) is 0 Å². The first-order valence-corrected chi connectivity index (χ1v) is 8.91. The first kappa shape index (κ1) is 14.4. The van der Waals surface area contributed by atoms with Gasteiger partial charge in [0.25, 0.3) is 0 Å². The number of fused-ring (bicyclic) bond motifs is 6. The van der Waals surface area contributed by atoms with Crippen LogP contribution in [0, 0.1) is 0 Å². The number of nitrogen functional groups attached to an aromatic ring is 1. The van der Waals surface area contributed by atoms with Crippen LogP contribution in [-0.4, -0.2) is 0 Å². The molecule has 4 aromatic carbocycles. The minimum Gasteiger partial charge on any atom is -0.455 e. The van der Waals surface area contributed by atoms with Crippen LogP contribution >= 0.6 is 0 Å². The first-order chi connectivity index (χ1) is 13.3. The van der Waals surface area contributed by atoms with Crippen LogP contribution in [0.2, 0.25) is 0 Å². The average molecular weight is 349 g/mol. The van der Waals surface area contributed by atoms with Crippen molar-refractivity contribution in [2.24, 2.45) is 0 Å². The average Bonchev–Trinajstić information content (AvgIpc) is 3.28. The molecule has 0 saturated heterocycles. The summed E-state index contributed by atoms with van der Waals surface area (Å²) in [4.78, 5) is 0. The second kappa shape index (κ2) is 5.15. The molecule has 0 aliphatic rings. The third-order valence-corrected chi connectivity index (χ3v) is 5.25. The summed E-state index contributed by atoms with van der Waals surface area (Å²) in [5.41, 5.74) is 12.3. The molecule has 3 nitrogen and oxygen atoms in total. The molecular formula is C24H15NO2. The van der Waals surface area contributed by atoms with Crippen molar-refractivity contribution in [1.82, 2.24) is 0 Å². The first-order valence-electron chi connectivity index (χ1n) is 8.91. The van der Waals surface area contributed by atoms with Crippen LogP contribution in [0.5, 0.6) is 0 Å². The Morgan fingerprint density at radius 2 is 1.19 bits per heavy atom. The molecule has 6 aromatic rings. The summed E-state index contributed by atoms with van der Waals surface area (Å²) in [5.74, 6) is 0. The van der Waals surface area contributed by atoms with Crippen molar-refractivity contribution in [2.75, 3.05) is 5.73 Å². The zero-order chi connectivity index (χ0) is 18.0. The number of hydrogen-bond acceptors (Lipinski definition) is 3. The van der Waals surface area contributed by atoms with Crippen molar-refractivity contribution in [2.45, 2.75) is 0 Å². The molecule has 2 heterocycles. The maximum Gasteiger partial charge on any atom is 0.158 e. The van der Waals surface area contributed by atoms with Gasteiger partial charge in [0.15, 0.2) is 5.58 Å². The van der Waals surface area contributed by atoms with Crippen LogP contribution in [0.3, 0.4) is 0 Å². The highest BCUT2D eigenvalue weighted by Crippen LogP contribution is 2.42. The second-order valence-electron chi connectivity index (χ2n) is 6.79. The third kappa shape index (κ3) is 1.91. The Morgan fingerprint density at radius 3 is 2.04 bits per heavy atom. The lowest BCUT2D eigenvalue weighted by Gasteiger charge is -2.06. The van der Waals surface area contributed by atoms with Gasteiger partial charge in [-0.1, -0.05) is 60.7 Å². The predicted molar refractivity (Wildman–Crippen MR) is 111 cm³/mol. The van der Waals surface area contributed by atoms with Gasteiger partial charge in [0, 0.05) is 27.1 Å². The number of hydrogen-bond donors (Lipinski definition) is 1. The molecule has 0 saturated carbocycles. The topological polar surface area (TPSA) is 52.3 Å². The number of anilines is 1. The Labute approximate surface area is 154 Å². The Balaban J connectivity index is 1.80. The fourth-order valence-corrected chi connectivity index (χ4v) is 4.03. The van der Waals surface area contributed by atoms with Crippen LogP contribution in [0.1, 0.15) is 0 Å². The van der Waals surface area contributed by atoms with Crippen molar-refractivity contribution in [3.05, 3.63) is 78.9 Å². The molecular weight excluding hydrogens is 334 g/mol. The standard InChI is InChI=1S/C24H15NO2/c25-19-13-12-15(22-18-7-2-4-11-21(18)27-24(19)22)17-9-5-8-16-14-6-1-3-10-20(14)26-23(16)17/h1-13H,25H2. The highest BCUT2D eigenvalue weighted by molar-refractivity contribution is 6.19. The van der Waals surface area contributed by atoms with Gasteiger partial charge in [-0.3, -0.25) is 0 Å². The van der Waals surface area contributed by atoms with Crippen molar-refractivity contribution >= 4 is 49.6 Å². The molecule has 128 valence electrons.